The Morgan fingerprint density at radius 1 is 1.25 bits per heavy atom. The third-order valence-electron chi connectivity index (χ3n) is 2.17. The lowest BCUT2D eigenvalue weighted by Gasteiger charge is -2.12. The minimum Gasteiger partial charge on any atom is -0.383 e. The molecule has 0 aliphatic rings. The lowest BCUT2D eigenvalue weighted by atomic mass is 10.1. The van der Waals surface area contributed by atoms with Crippen LogP contribution in [-0.4, -0.2) is 5.11 Å². The van der Waals surface area contributed by atoms with Gasteiger partial charge in [-0.15, -0.1) is 11.3 Å². The Hall–Kier alpha value is -0.780. The third-order valence-corrected chi connectivity index (χ3v) is 3.70. The summed E-state index contributed by atoms with van der Waals surface area (Å²) in [6.45, 7) is 0. The number of thiophene rings is 1. The summed E-state index contributed by atoms with van der Waals surface area (Å²) >= 11 is 4.21. The molecule has 5 heteroatoms. The molecule has 2 rings (SSSR count). The van der Waals surface area contributed by atoms with E-state index in [2.05, 4.69) is 15.9 Å². The minimum atomic E-state index is -1.27. The molecule has 1 N–H and O–H groups in total. The maximum Gasteiger partial charge on any atom is 0.146 e. The van der Waals surface area contributed by atoms with Crippen molar-refractivity contribution in [3.63, 3.8) is 0 Å². The fraction of sp³-hybridized carbons (Fsp3) is 0.0909. The number of halogens is 3. The van der Waals surface area contributed by atoms with Crippen molar-refractivity contribution in [3.05, 3.63) is 56.2 Å². The molecular weight excluding hydrogens is 298 g/mol. The van der Waals surface area contributed by atoms with Crippen LogP contribution < -0.4 is 0 Å². The van der Waals surface area contributed by atoms with Crippen molar-refractivity contribution in [2.24, 2.45) is 0 Å². The molecule has 1 atom stereocenters. The Morgan fingerprint density at radius 3 is 2.62 bits per heavy atom. The molecule has 1 aromatic carbocycles. The molecule has 0 aliphatic heterocycles. The molecule has 0 saturated carbocycles. The average molecular weight is 305 g/mol. The monoisotopic (exact) mass is 304 g/mol. The second kappa shape index (κ2) is 4.61. The molecule has 0 radical (unpaired) electrons. The smallest absolute Gasteiger partial charge is 0.146 e. The molecule has 0 aliphatic carbocycles. The highest BCUT2D eigenvalue weighted by Gasteiger charge is 2.22. The van der Waals surface area contributed by atoms with Gasteiger partial charge in [0, 0.05) is 4.88 Å². The van der Waals surface area contributed by atoms with E-state index in [1.807, 2.05) is 0 Å². The van der Waals surface area contributed by atoms with Gasteiger partial charge in [0.25, 0.3) is 0 Å². The quantitative estimate of drug-likeness (QED) is 0.835. The van der Waals surface area contributed by atoms with Gasteiger partial charge in [-0.05, 0) is 39.5 Å². The van der Waals surface area contributed by atoms with E-state index in [-0.39, 0.29) is 10.0 Å². The Labute approximate surface area is 103 Å². The van der Waals surface area contributed by atoms with Crippen LogP contribution in [0.2, 0.25) is 0 Å². The van der Waals surface area contributed by atoms with Gasteiger partial charge in [0.15, 0.2) is 0 Å². The van der Waals surface area contributed by atoms with Crippen LogP contribution in [-0.2, 0) is 0 Å². The molecule has 0 bridgehead atoms. The van der Waals surface area contributed by atoms with Crippen LogP contribution in [0.1, 0.15) is 16.5 Å². The Morgan fingerprint density at radius 2 is 2.00 bits per heavy atom. The number of rotatable bonds is 2. The number of aliphatic hydroxyl groups is 1. The topological polar surface area (TPSA) is 20.2 Å². The van der Waals surface area contributed by atoms with Gasteiger partial charge >= 0.3 is 0 Å². The lowest BCUT2D eigenvalue weighted by Crippen LogP contribution is -2.04. The van der Waals surface area contributed by atoms with E-state index in [0.717, 1.165) is 6.07 Å². The summed E-state index contributed by atoms with van der Waals surface area (Å²) < 4.78 is 27.3. The van der Waals surface area contributed by atoms with Crippen molar-refractivity contribution in [1.29, 1.82) is 0 Å². The Balaban J connectivity index is 2.52. The van der Waals surface area contributed by atoms with E-state index in [1.54, 1.807) is 17.5 Å². The predicted molar refractivity (Wildman–Crippen MR) is 62.4 cm³/mol. The van der Waals surface area contributed by atoms with Crippen molar-refractivity contribution in [2.45, 2.75) is 6.10 Å². The van der Waals surface area contributed by atoms with Crippen LogP contribution >= 0.6 is 27.3 Å². The third kappa shape index (κ3) is 2.03. The molecule has 0 amide bonds. The number of hydrogen-bond acceptors (Lipinski definition) is 2. The van der Waals surface area contributed by atoms with Gasteiger partial charge in [0.2, 0.25) is 0 Å². The van der Waals surface area contributed by atoms with Gasteiger partial charge in [-0.2, -0.15) is 0 Å². The van der Waals surface area contributed by atoms with E-state index in [1.165, 1.54) is 17.4 Å². The largest absolute Gasteiger partial charge is 0.383 e. The minimum absolute atomic E-state index is 0.138. The summed E-state index contributed by atoms with van der Waals surface area (Å²) in [4.78, 5) is 0.510. The SMILES string of the molecule is OC(c1cccs1)c1c(F)ccc(Br)c1F. The summed E-state index contributed by atoms with van der Waals surface area (Å²) in [6.07, 6.45) is -1.27. The summed E-state index contributed by atoms with van der Waals surface area (Å²) in [6, 6.07) is 5.75. The fourth-order valence-electron chi connectivity index (χ4n) is 1.38. The van der Waals surface area contributed by atoms with E-state index >= 15 is 0 Å². The number of aliphatic hydroxyl groups excluding tert-OH is 1. The maximum atomic E-state index is 13.7. The first kappa shape index (κ1) is 11.7. The Kier molecular flexibility index (Phi) is 3.37. The van der Waals surface area contributed by atoms with Crippen LogP contribution in [0.15, 0.2) is 34.1 Å². The van der Waals surface area contributed by atoms with E-state index in [4.69, 9.17) is 0 Å². The molecule has 1 unspecified atom stereocenters. The van der Waals surface area contributed by atoms with E-state index < -0.39 is 17.7 Å². The van der Waals surface area contributed by atoms with Gasteiger partial charge in [0.1, 0.15) is 17.7 Å². The summed E-state index contributed by atoms with van der Waals surface area (Å²) in [5.41, 5.74) is -0.322. The lowest BCUT2D eigenvalue weighted by molar-refractivity contribution is 0.212. The van der Waals surface area contributed by atoms with Crippen LogP contribution in [0, 0.1) is 11.6 Å². The highest BCUT2D eigenvalue weighted by atomic mass is 79.9. The highest BCUT2D eigenvalue weighted by molar-refractivity contribution is 9.10. The first-order chi connectivity index (χ1) is 7.61. The van der Waals surface area contributed by atoms with E-state index in [0.29, 0.717) is 4.88 Å². The normalized spacial score (nSPS) is 12.8. The Bertz CT molecular complexity index is 499. The van der Waals surface area contributed by atoms with Crippen LogP contribution in [0.25, 0.3) is 0 Å². The second-order valence-electron chi connectivity index (χ2n) is 3.17. The van der Waals surface area contributed by atoms with E-state index in [9.17, 15) is 13.9 Å². The van der Waals surface area contributed by atoms with Crippen molar-refractivity contribution in [1.82, 2.24) is 0 Å². The molecular formula is C11H7BrF2OS. The zero-order chi connectivity index (χ0) is 11.7. The van der Waals surface area contributed by atoms with Crippen molar-refractivity contribution < 1.29 is 13.9 Å². The van der Waals surface area contributed by atoms with Crippen LogP contribution in [0.4, 0.5) is 8.78 Å². The van der Waals surface area contributed by atoms with Crippen LogP contribution in [0.5, 0.6) is 0 Å². The van der Waals surface area contributed by atoms with Gasteiger partial charge < -0.3 is 5.11 Å². The fourth-order valence-corrected chi connectivity index (χ4v) is 2.45. The maximum absolute atomic E-state index is 13.7. The molecule has 84 valence electrons. The van der Waals surface area contributed by atoms with Gasteiger partial charge in [-0.1, -0.05) is 6.07 Å². The first-order valence-electron chi connectivity index (χ1n) is 4.46. The van der Waals surface area contributed by atoms with Crippen molar-refractivity contribution >= 4 is 27.3 Å². The molecule has 0 fully saturated rings. The average Bonchev–Trinajstić information content (AvgIpc) is 2.77. The molecule has 1 aromatic heterocycles. The molecule has 0 spiro atoms. The van der Waals surface area contributed by atoms with Crippen molar-refractivity contribution in [2.75, 3.05) is 0 Å². The van der Waals surface area contributed by atoms with Crippen molar-refractivity contribution in [3.8, 4) is 0 Å². The van der Waals surface area contributed by atoms with Crippen LogP contribution in [0.3, 0.4) is 0 Å². The first-order valence-corrected chi connectivity index (χ1v) is 6.13. The van der Waals surface area contributed by atoms with Gasteiger partial charge in [-0.25, -0.2) is 8.78 Å². The zero-order valence-electron chi connectivity index (χ0n) is 7.95. The highest BCUT2D eigenvalue weighted by Crippen LogP contribution is 2.32. The van der Waals surface area contributed by atoms with Gasteiger partial charge in [0.05, 0.1) is 10.0 Å². The number of benzene rings is 1. The molecule has 0 saturated heterocycles. The zero-order valence-corrected chi connectivity index (χ0v) is 10.4. The summed E-state index contributed by atoms with van der Waals surface area (Å²) in [5, 5.41) is 11.6. The summed E-state index contributed by atoms with van der Waals surface area (Å²) in [7, 11) is 0. The molecule has 16 heavy (non-hydrogen) atoms. The molecule has 2 aromatic rings. The number of hydrogen-bond donors (Lipinski definition) is 1. The predicted octanol–water partition coefficient (Wildman–Crippen LogP) is 3.87. The molecule has 1 nitrogen and oxygen atoms in total. The summed E-state index contributed by atoms with van der Waals surface area (Å²) in [5.74, 6) is -1.51. The van der Waals surface area contributed by atoms with Gasteiger partial charge in [-0.3, -0.25) is 0 Å². The standard InChI is InChI=1S/C11H7BrF2OS/c12-6-3-4-7(13)9(10(6)14)11(15)8-2-1-5-16-8/h1-5,11,15H. The second-order valence-corrected chi connectivity index (χ2v) is 5.01. The molecule has 1 heterocycles.